The third-order valence-corrected chi connectivity index (χ3v) is 5.62. The van der Waals surface area contributed by atoms with Crippen molar-refractivity contribution in [3.63, 3.8) is 0 Å². The Labute approximate surface area is 146 Å². The van der Waals surface area contributed by atoms with E-state index in [2.05, 4.69) is 10.4 Å². The van der Waals surface area contributed by atoms with E-state index >= 15 is 0 Å². The average Bonchev–Trinajstić information content (AvgIpc) is 3.26. The fourth-order valence-electron chi connectivity index (χ4n) is 3.76. The summed E-state index contributed by atoms with van der Waals surface area (Å²) in [5.74, 6) is 0.0796. The van der Waals surface area contributed by atoms with E-state index < -0.39 is 0 Å². The van der Waals surface area contributed by atoms with Gasteiger partial charge in [-0.15, -0.1) is 0 Å². The van der Waals surface area contributed by atoms with Gasteiger partial charge in [-0.1, -0.05) is 11.6 Å². The summed E-state index contributed by atoms with van der Waals surface area (Å²) in [5.41, 5.74) is 1.96. The Morgan fingerprint density at radius 1 is 1.17 bits per heavy atom. The Bertz CT molecular complexity index is 724. The highest BCUT2D eigenvalue weighted by Crippen LogP contribution is 2.37. The average molecular weight is 345 g/mol. The number of carbonyl (C=O) groups is 1. The molecule has 24 heavy (non-hydrogen) atoms. The summed E-state index contributed by atoms with van der Waals surface area (Å²) in [6.07, 6.45) is 6.88. The van der Waals surface area contributed by atoms with Crippen molar-refractivity contribution in [3.8, 4) is 5.69 Å². The van der Waals surface area contributed by atoms with Crippen molar-refractivity contribution in [2.24, 2.45) is 5.41 Å². The maximum absolute atomic E-state index is 12.7. The number of benzene rings is 1. The van der Waals surface area contributed by atoms with E-state index in [0.717, 1.165) is 44.7 Å². The normalized spacial score (nSPS) is 19.8. The van der Waals surface area contributed by atoms with Crippen LogP contribution in [0.15, 0.2) is 36.7 Å². The molecule has 1 amide bonds. The number of aromatic nitrogens is 2. The molecule has 126 valence electrons. The van der Waals surface area contributed by atoms with Gasteiger partial charge in [0.25, 0.3) is 5.91 Å². The Hall–Kier alpha value is -1.85. The highest BCUT2D eigenvalue weighted by molar-refractivity contribution is 6.30. The van der Waals surface area contributed by atoms with Gasteiger partial charge < -0.3 is 10.2 Å². The maximum Gasteiger partial charge on any atom is 0.257 e. The van der Waals surface area contributed by atoms with E-state index in [9.17, 15) is 4.79 Å². The van der Waals surface area contributed by atoms with Gasteiger partial charge >= 0.3 is 0 Å². The molecule has 1 spiro atoms. The van der Waals surface area contributed by atoms with Gasteiger partial charge in [0.15, 0.2) is 0 Å². The minimum atomic E-state index is 0.0796. The molecule has 2 aromatic rings. The number of nitrogens with zero attached hydrogens (tertiary/aromatic N) is 3. The van der Waals surface area contributed by atoms with Gasteiger partial charge in [0.2, 0.25) is 0 Å². The summed E-state index contributed by atoms with van der Waals surface area (Å²) in [4.78, 5) is 14.7. The molecule has 2 aliphatic heterocycles. The van der Waals surface area contributed by atoms with Gasteiger partial charge in [-0.05, 0) is 55.5 Å². The lowest BCUT2D eigenvalue weighted by Gasteiger charge is -2.38. The lowest BCUT2D eigenvalue weighted by molar-refractivity contribution is 0.0607. The molecular weight excluding hydrogens is 324 g/mol. The van der Waals surface area contributed by atoms with E-state index in [-0.39, 0.29) is 5.91 Å². The summed E-state index contributed by atoms with van der Waals surface area (Å²) >= 11 is 5.91. The van der Waals surface area contributed by atoms with Crippen LogP contribution in [0.5, 0.6) is 0 Å². The molecule has 2 saturated heterocycles. The van der Waals surface area contributed by atoms with Crippen LogP contribution in [0.4, 0.5) is 0 Å². The zero-order chi connectivity index (χ0) is 16.6. The molecule has 2 fully saturated rings. The molecule has 0 saturated carbocycles. The van der Waals surface area contributed by atoms with Crippen molar-refractivity contribution >= 4 is 17.5 Å². The number of piperidine rings is 1. The van der Waals surface area contributed by atoms with Crippen molar-refractivity contribution in [2.45, 2.75) is 19.3 Å². The van der Waals surface area contributed by atoms with Crippen LogP contribution in [-0.2, 0) is 0 Å². The summed E-state index contributed by atoms with van der Waals surface area (Å²) in [6, 6.07) is 7.42. The highest BCUT2D eigenvalue weighted by atomic mass is 35.5. The number of halogens is 1. The van der Waals surface area contributed by atoms with Crippen molar-refractivity contribution in [1.82, 2.24) is 20.0 Å². The number of hydrogen-bond acceptors (Lipinski definition) is 3. The number of hydrogen-bond donors (Lipinski definition) is 1. The van der Waals surface area contributed by atoms with Gasteiger partial charge in [0.1, 0.15) is 0 Å². The standard InChI is InChI=1S/C18H21ClN4O/c19-15-1-3-16(4-2-15)23-12-14(11-21-23)17(24)22-9-6-18(7-10-22)5-8-20-13-18/h1-4,11-12,20H,5-10,13H2. The second kappa shape index (κ2) is 6.22. The first-order chi connectivity index (χ1) is 11.7. The third kappa shape index (κ3) is 2.94. The quantitative estimate of drug-likeness (QED) is 0.911. The Kier molecular flexibility index (Phi) is 4.06. The number of likely N-dealkylation sites (tertiary alicyclic amines) is 1. The molecule has 0 radical (unpaired) electrons. The molecular formula is C18H21ClN4O. The van der Waals surface area contributed by atoms with Crippen molar-refractivity contribution < 1.29 is 4.79 Å². The fourth-order valence-corrected chi connectivity index (χ4v) is 3.88. The van der Waals surface area contributed by atoms with E-state index in [0.29, 0.717) is 16.0 Å². The Morgan fingerprint density at radius 3 is 2.58 bits per heavy atom. The molecule has 0 aliphatic carbocycles. The molecule has 1 aromatic heterocycles. The van der Waals surface area contributed by atoms with Crippen LogP contribution in [0.25, 0.3) is 5.69 Å². The Balaban J connectivity index is 1.45. The van der Waals surface area contributed by atoms with Crippen LogP contribution in [-0.4, -0.2) is 46.8 Å². The van der Waals surface area contributed by atoms with Gasteiger partial charge in [0, 0.05) is 30.9 Å². The first-order valence-corrected chi connectivity index (χ1v) is 8.84. The first kappa shape index (κ1) is 15.7. The molecule has 5 nitrogen and oxygen atoms in total. The zero-order valence-corrected chi connectivity index (χ0v) is 14.3. The second-order valence-electron chi connectivity index (χ2n) is 6.87. The predicted octanol–water partition coefficient (Wildman–Crippen LogP) is 2.74. The van der Waals surface area contributed by atoms with Crippen LogP contribution in [0, 0.1) is 5.41 Å². The van der Waals surface area contributed by atoms with Crippen LogP contribution < -0.4 is 5.32 Å². The molecule has 6 heteroatoms. The van der Waals surface area contributed by atoms with Crippen LogP contribution >= 0.6 is 11.6 Å². The predicted molar refractivity (Wildman–Crippen MR) is 93.6 cm³/mol. The number of amides is 1. The Morgan fingerprint density at radius 2 is 1.92 bits per heavy atom. The fraction of sp³-hybridized carbons (Fsp3) is 0.444. The van der Waals surface area contributed by atoms with E-state index in [1.54, 1.807) is 17.1 Å². The van der Waals surface area contributed by atoms with Gasteiger partial charge in [0.05, 0.1) is 17.4 Å². The molecule has 0 bridgehead atoms. The molecule has 4 rings (SSSR count). The van der Waals surface area contributed by atoms with Crippen molar-refractivity contribution in [1.29, 1.82) is 0 Å². The molecule has 2 aliphatic rings. The maximum atomic E-state index is 12.7. The minimum absolute atomic E-state index is 0.0796. The zero-order valence-electron chi connectivity index (χ0n) is 13.5. The van der Waals surface area contributed by atoms with Crippen molar-refractivity contribution in [3.05, 3.63) is 47.2 Å². The second-order valence-corrected chi connectivity index (χ2v) is 7.31. The summed E-state index contributed by atoms with van der Waals surface area (Å²) < 4.78 is 1.72. The van der Waals surface area contributed by atoms with Gasteiger partial charge in [-0.25, -0.2) is 4.68 Å². The van der Waals surface area contributed by atoms with E-state index in [1.165, 1.54) is 6.42 Å². The smallest absolute Gasteiger partial charge is 0.257 e. The SMILES string of the molecule is O=C(c1cnn(-c2ccc(Cl)cc2)c1)N1CCC2(CCNC2)CC1. The lowest BCUT2D eigenvalue weighted by atomic mass is 9.78. The largest absolute Gasteiger partial charge is 0.339 e. The third-order valence-electron chi connectivity index (χ3n) is 5.36. The summed E-state index contributed by atoms with van der Waals surface area (Å²) in [6.45, 7) is 3.89. The number of nitrogens with one attached hydrogen (secondary N) is 1. The first-order valence-electron chi connectivity index (χ1n) is 8.46. The van der Waals surface area contributed by atoms with E-state index in [4.69, 9.17) is 11.6 Å². The van der Waals surface area contributed by atoms with Crippen LogP contribution in [0.2, 0.25) is 5.02 Å². The molecule has 0 unspecified atom stereocenters. The van der Waals surface area contributed by atoms with E-state index in [1.807, 2.05) is 29.2 Å². The molecule has 1 N–H and O–H groups in total. The summed E-state index contributed by atoms with van der Waals surface area (Å²) in [7, 11) is 0. The molecule has 1 aromatic carbocycles. The van der Waals surface area contributed by atoms with Gasteiger partial charge in [-0.2, -0.15) is 5.10 Å². The lowest BCUT2D eigenvalue weighted by Crippen LogP contribution is -2.43. The monoisotopic (exact) mass is 344 g/mol. The van der Waals surface area contributed by atoms with Crippen LogP contribution in [0.1, 0.15) is 29.6 Å². The van der Waals surface area contributed by atoms with Crippen LogP contribution in [0.3, 0.4) is 0 Å². The number of rotatable bonds is 2. The molecule has 3 heterocycles. The van der Waals surface area contributed by atoms with Crippen molar-refractivity contribution in [2.75, 3.05) is 26.2 Å². The van der Waals surface area contributed by atoms with Gasteiger partial charge in [-0.3, -0.25) is 4.79 Å². The summed E-state index contributed by atoms with van der Waals surface area (Å²) in [5, 5.41) is 8.46. The number of carbonyl (C=O) groups excluding carboxylic acids is 1. The topological polar surface area (TPSA) is 50.2 Å². The highest BCUT2D eigenvalue weighted by Gasteiger charge is 2.38. The minimum Gasteiger partial charge on any atom is -0.339 e. The molecule has 0 atom stereocenters.